The van der Waals surface area contributed by atoms with Gasteiger partial charge in [-0.05, 0) is 37.5 Å². The molecule has 21 heavy (non-hydrogen) atoms. The van der Waals surface area contributed by atoms with Crippen molar-refractivity contribution in [2.75, 3.05) is 32.1 Å². The second kappa shape index (κ2) is 8.00. The molecule has 1 aliphatic heterocycles. The van der Waals surface area contributed by atoms with E-state index in [1.54, 1.807) is 7.11 Å². The second-order valence-corrected chi connectivity index (χ2v) is 5.23. The number of carbonyl (C=O) groups is 1. The number of hydrogen-bond acceptors (Lipinski definition) is 3. The highest BCUT2D eigenvalue weighted by Crippen LogP contribution is 2.16. The lowest BCUT2D eigenvalue weighted by Crippen LogP contribution is -2.45. The molecule has 1 N–H and O–H groups in total. The maximum atomic E-state index is 12.3. The van der Waals surface area contributed by atoms with E-state index in [0.29, 0.717) is 19.8 Å². The number of ether oxygens (including phenoxy) is 2. The fourth-order valence-electron chi connectivity index (χ4n) is 2.60. The first-order valence-electron chi connectivity index (χ1n) is 7.48. The van der Waals surface area contributed by atoms with E-state index in [4.69, 9.17) is 9.47 Å². The topological polar surface area (TPSA) is 50.8 Å². The van der Waals surface area contributed by atoms with Crippen molar-refractivity contribution in [2.45, 2.75) is 32.5 Å². The highest BCUT2D eigenvalue weighted by molar-refractivity contribution is 5.89. The molecule has 5 nitrogen and oxygen atoms in total. The number of piperidine rings is 1. The lowest BCUT2D eigenvalue weighted by atomic mass is 10.1. The summed E-state index contributed by atoms with van der Waals surface area (Å²) in [4.78, 5) is 14.1. The molecule has 1 aromatic carbocycles. The zero-order valence-electron chi connectivity index (χ0n) is 12.8. The average Bonchev–Trinajstić information content (AvgIpc) is 2.48. The van der Waals surface area contributed by atoms with E-state index >= 15 is 0 Å². The van der Waals surface area contributed by atoms with Crippen LogP contribution in [0.3, 0.4) is 0 Å². The van der Waals surface area contributed by atoms with Crippen LogP contribution < -0.4 is 5.32 Å². The SMILES string of the molecule is CCOC1CCCN(C(=O)Nc2cccc(COC)c2)C1. The molecular formula is C16H24N2O3. The minimum atomic E-state index is -0.0611. The Morgan fingerprint density at radius 1 is 1.48 bits per heavy atom. The van der Waals surface area contributed by atoms with E-state index in [0.717, 1.165) is 30.6 Å². The predicted molar refractivity (Wildman–Crippen MR) is 82.4 cm³/mol. The predicted octanol–water partition coefficient (Wildman–Crippen LogP) is 2.87. The lowest BCUT2D eigenvalue weighted by Gasteiger charge is -2.32. The van der Waals surface area contributed by atoms with Crippen LogP contribution >= 0.6 is 0 Å². The fraction of sp³-hybridized carbons (Fsp3) is 0.562. The van der Waals surface area contributed by atoms with Gasteiger partial charge in [-0.25, -0.2) is 4.79 Å². The summed E-state index contributed by atoms with van der Waals surface area (Å²) >= 11 is 0. The monoisotopic (exact) mass is 292 g/mol. The molecule has 1 saturated heterocycles. The number of benzene rings is 1. The van der Waals surface area contributed by atoms with Crippen LogP contribution in [-0.4, -0.2) is 43.8 Å². The van der Waals surface area contributed by atoms with Crippen molar-refractivity contribution in [1.82, 2.24) is 4.90 Å². The molecule has 0 aliphatic carbocycles. The molecule has 5 heteroatoms. The van der Waals surface area contributed by atoms with Gasteiger partial charge in [0.1, 0.15) is 0 Å². The van der Waals surface area contributed by atoms with E-state index in [1.807, 2.05) is 36.1 Å². The molecule has 1 atom stereocenters. The molecule has 0 spiro atoms. The zero-order valence-corrected chi connectivity index (χ0v) is 12.8. The molecule has 1 heterocycles. The van der Waals surface area contributed by atoms with E-state index in [1.165, 1.54) is 0 Å². The lowest BCUT2D eigenvalue weighted by molar-refractivity contribution is 0.0181. The Hall–Kier alpha value is -1.59. The van der Waals surface area contributed by atoms with Gasteiger partial charge < -0.3 is 19.7 Å². The van der Waals surface area contributed by atoms with Crippen LogP contribution in [0.2, 0.25) is 0 Å². The van der Waals surface area contributed by atoms with Gasteiger partial charge >= 0.3 is 6.03 Å². The van der Waals surface area contributed by atoms with Gasteiger partial charge in [-0.3, -0.25) is 0 Å². The standard InChI is InChI=1S/C16H24N2O3/c1-3-21-15-8-5-9-18(11-15)16(19)17-14-7-4-6-13(10-14)12-20-2/h4,6-7,10,15H,3,5,8-9,11-12H2,1-2H3,(H,17,19). The van der Waals surface area contributed by atoms with Crippen molar-refractivity contribution in [3.05, 3.63) is 29.8 Å². The molecule has 2 rings (SSSR count). The highest BCUT2D eigenvalue weighted by atomic mass is 16.5. The number of rotatable bonds is 5. The minimum Gasteiger partial charge on any atom is -0.380 e. The average molecular weight is 292 g/mol. The van der Waals surface area contributed by atoms with Crippen LogP contribution in [0.25, 0.3) is 0 Å². The molecule has 1 aliphatic rings. The molecule has 0 saturated carbocycles. The van der Waals surface area contributed by atoms with E-state index in [2.05, 4.69) is 5.32 Å². The van der Waals surface area contributed by atoms with Crippen LogP contribution in [0.1, 0.15) is 25.3 Å². The van der Waals surface area contributed by atoms with Crippen LogP contribution in [0, 0.1) is 0 Å². The Bertz CT molecular complexity index is 463. The van der Waals surface area contributed by atoms with E-state index < -0.39 is 0 Å². The quantitative estimate of drug-likeness (QED) is 0.908. The number of nitrogens with zero attached hydrogens (tertiary/aromatic N) is 1. The first-order valence-corrected chi connectivity index (χ1v) is 7.48. The number of urea groups is 1. The summed E-state index contributed by atoms with van der Waals surface area (Å²) in [6.45, 7) is 4.67. The highest BCUT2D eigenvalue weighted by Gasteiger charge is 2.23. The van der Waals surface area contributed by atoms with Gasteiger partial charge in [0.05, 0.1) is 12.7 Å². The molecule has 0 radical (unpaired) electrons. The first-order chi connectivity index (χ1) is 10.2. The van der Waals surface area contributed by atoms with Gasteiger partial charge in [-0.2, -0.15) is 0 Å². The van der Waals surface area contributed by atoms with Crippen molar-refractivity contribution in [2.24, 2.45) is 0 Å². The Kier molecular flexibility index (Phi) is 6.02. The smallest absolute Gasteiger partial charge is 0.321 e. The molecule has 0 bridgehead atoms. The van der Waals surface area contributed by atoms with Crippen molar-refractivity contribution in [3.8, 4) is 0 Å². The van der Waals surface area contributed by atoms with Crippen molar-refractivity contribution in [1.29, 1.82) is 0 Å². The molecule has 1 unspecified atom stereocenters. The maximum Gasteiger partial charge on any atom is 0.321 e. The summed E-state index contributed by atoms with van der Waals surface area (Å²) in [6.07, 6.45) is 2.18. The normalized spacial score (nSPS) is 18.6. The van der Waals surface area contributed by atoms with E-state index in [-0.39, 0.29) is 12.1 Å². The largest absolute Gasteiger partial charge is 0.380 e. The summed E-state index contributed by atoms with van der Waals surface area (Å²) < 4.78 is 10.7. The molecule has 116 valence electrons. The summed E-state index contributed by atoms with van der Waals surface area (Å²) in [5.41, 5.74) is 1.84. The Labute approximate surface area is 126 Å². The Balaban J connectivity index is 1.92. The zero-order chi connectivity index (χ0) is 15.1. The van der Waals surface area contributed by atoms with Gasteiger partial charge in [0.25, 0.3) is 0 Å². The van der Waals surface area contributed by atoms with E-state index in [9.17, 15) is 4.79 Å². The van der Waals surface area contributed by atoms with Crippen LogP contribution in [0.15, 0.2) is 24.3 Å². The summed E-state index contributed by atoms with van der Waals surface area (Å²) in [5, 5.41) is 2.95. The third-order valence-electron chi connectivity index (χ3n) is 3.56. The Morgan fingerprint density at radius 2 is 2.33 bits per heavy atom. The number of anilines is 1. The number of hydrogen-bond donors (Lipinski definition) is 1. The van der Waals surface area contributed by atoms with Crippen LogP contribution in [-0.2, 0) is 16.1 Å². The summed E-state index contributed by atoms with van der Waals surface area (Å²) in [6, 6.07) is 7.66. The molecule has 0 aromatic heterocycles. The molecule has 1 aromatic rings. The van der Waals surface area contributed by atoms with Gasteiger partial charge in [0, 0.05) is 32.5 Å². The van der Waals surface area contributed by atoms with Gasteiger partial charge in [0.2, 0.25) is 0 Å². The van der Waals surface area contributed by atoms with Crippen molar-refractivity contribution in [3.63, 3.8) is 0 Å². The van der Waals surface area contributed by atoms with Crippen molar-refractivity contribution < 1.29 is 14.3 Å². The number of carbonyl (C=O) groups excluding carboxylic acids is 1. The number of likely N-dealkylation sites (tertiary alicyclic amines) is 1. The third-order valence-corrected chi connectivity index (χ3v) is 3.56. The third kappa shape index (κ3) is 4.72. The van der Waals surface area contributed by atoms with Gasteiger partial charge in [0.15, 0.2) is 0 Å². The number of methoxy groups -OCH3 is 1. The second-order valence-electron chi connectivity index (χ2n) is 5.23. The first kappa shape index (κ1) is 15.8. The summed E-state index contributed by atoms with van der Waals surface area (Å²) in [5.74, 6) is 0. The van der Waals surface area contributed by atoms with Crippen LogP contribution in [0.5, 0.6) is 0 Å². The molecule has 2 amide bonds. The van der Waals surface area contributed by atoms with Gasteiger partial charge in [-0.1, -0.05) is 12.1 Å². The summed E-state index contributed by atoms with van der Waals surface area (Å²) in [7, 11) is 1.66. The van der Waals surface area contributed by atoms with Crippen LogP contribution in [0.4, 0.5) is 10.5 Å². The van der Waals surface area contributed by atoms with Crippen molar-refractivity contribution >= 4 is 11.7 Å². The molecule has 1 fully saturated rings. The number of amides is 2. The maximum absolute atomic E-state index is 12.3. The Morgan fingerprint density at radius 3 is 3.10 bits per heavy atom. The molecular weight excluding hydrogens is 268 g/mol. The number of nitrogens with one attached hydrogen (secondary N) is 1. The fourth-order valence-corrected chi connectivity index (χ4v) is 2.60. The minimum absolute atomic E-state index is 0.0611. The van der Waals surface area contributed by atoms with Gasteiger partial charge in [-0.15, -0.1) is 0 Å².